The summed E-state index contributed by atoms with van der Waals surface area (Å²) < 4.78 is 0. The largest absolute Gasteiger partial charge is 0.508 e. The molecule has 2 N–H and O–H groups in total. The maximum atomic E-state index is 11.7. The zero-order valence-electron chi connectivity index (χ0n) is 8.98. The van der Waals surface area contributed by atoms with Gasteiger partial charge < -0.3 is 10.4 Å². The SMILES string of the molecule is O=C(Cc1ccccc1O)NC1CCSC1. The zero-order valence-corrected chi connectivity index (χ0v) is 9.80. The van der Waals surface area contributed by atoms with Crippen molar-refractivity contribution in [2.75, 3.05) is 11.5 Å². The monoisotopic (exact) mass is 237 g/mol. The molecule has 16 heavy (non-hydrogen) atoms. The molecule has 1 amide bonds. The third-order valence-electron chi connectivity index (χ3n) is 2.64. The molecular weight excluding hydrogens is 222 g/mol. The Bertz CT molecular complexity index is 375. The highest BCUT2D eigenvalue weighted by molar-refractivity contribution is 7.99. The van der Waals surface area contributed by atoms with Crippen LogP contribution >= 0.6 is 11.8 Å². The molecule has 1 saturated heterocycles. The molecule has 1 aromatic rings. The van der Waals surface area contributed by atoms with Crippen LogP contribution in [0.15, 0.2) is 24.3 Å². The van der Waals surface area contributed by atoms with E-state index in [4.69, 9.17) is 0 Å². The summed E-state index contributed by atoms with van der Waals surface area (Å²) in [7, 11) is 0. The van der Waals surface area contributed by atoms with Crippen molar-refractivity contribution in [3.05, 3.63) is 29.8 Å². The molecule has 1 heterocycles. The van der Waals surface area contributed by atoms with Gasteiger partial charge in [-0.2, -0.15) is 11.8 Å². The predicted molar refractivity (Wildman–Crippen MR) is 65.7 cm³/mol. The second-order valence-corrected chi connectivity index (χ2v) is 5.08. The number of phenols is 1. The van der Waals surface area contributed by atoms with Crippen LogP contribution in [0.5, 0.6) is 5.75 Å². The van der Waals surface area contributed by atoms with E-state index < -0.39 is 0 Å². The number of hydrogen-bond donors (Lipinski definition) is 2. The molecule has 1 aliphatic rings. The molecule has 0 aliphatic carbocycles. The van der Waals surface area contributed by atoms with Gasteiger partial charge in [-0.25, -0.2) is 0 Å². The third kappa shape index (κ3) is 2.92. The first-order valence-corrected chi connectivity index (χ1v) is 6.55. The van der Waals surface area contributed by atoms with Crippen LogP contribution in [0, 0.1) is 0 Å². The van der Waals surface area contributed by atoms with Crippen molar-refractivity contribution in [3.8, 4) is 5.75 Å². The van der Waals surface area contributed by atoms with Gasteiger partial charge in [0.1, 0.15) is 5.75 Å². The molecule has 0 spiro atoms. The molecule has 86 valence electrons. The molecule has 3 nitrogen and oxygen atoms in total. The zero-order chi connectivity index (χ0) is 11.4. The molecule has 1 aromatic carbocycles. The minimum atomic E-state index is -0.00556. The van der Waals surface area contributed by atoms with Gasteiger partial charge in [0, 0.05) is 17.4 Å². The van der Waals surface area contributed by atoms with E-state index in [9.17, 15) is 9.90 Å². The highest BCUT2D eigenvalue weighted by Gasteiger charge is 2.17. The van der Waals surface area contributed by atoms with Crippen LogP contribution in [-0.4, -0.2) is 28.6 Å². The van der Waals surface area contributed by atoms with Gasteiger partial charge >= 0.3 is 0 Å². The van der Waals surface area contributed by atoms with E-state index in [2.05, 4.69) is 5.32 Å². The Labute approximate surface area is 99.2 Å². The summed E-state index contributed by atoms with van der Waals surface area (Å²) in [4.78, 5) is 11.7. The molecule has 2 rings (SSSR count). The van der Waals surface area contributed by atoms with E-state index >= 15 is 0 Å². The van der Waals surface area contributed by atoms with Crippen LogP contribution < -0.4 is 5.32 Å². The first kappa shape index (κ1) is 11.3. The lowest BCUT2D eigenvalue weighted by molar-refractivity contribution is -0.121. The van der Waals surface area contributed by atoms with Gasteiger partial charge in [-0.3, -0.25) is 4.79 Å². The first-order chi connectivity index (χ1) is 7.75. The van der Waals surface area contributed by atoms with Crippen molar-refractivity contribution >= 4 is 17.7 Å². The fraction of sp³-hybridized carbons (Fsp3) is 0.417. The fourth-order valence-electron chi connectivity index (χ4n) is 1.76. The Hall–Kier alpha value is -1.16. The second kappa shape index (κ2) is 5.25. The smallest absolute Gasteiger partial charge is 0.224 e. The number of aromatic hydroxyl groups is 1. The van der Waals surface area contributed by atoms with Crippen LogP contribution in [0.1, 0.15) is 12.0 Å². The number of phenolic OH excluding ortho intramolecular Hbond substituents is 1. The van der Waals surface area contributed by atoms with Crippen LogP contribution in [0.3, 0.4) is 0 Å². The second-order valence-electron chi connectivity index (χ2n) is 3.93. The number of thioether (sulfide) groups is 1. The van der Waals surface area contributed by atoms with Gasteiger partial charge in [0.05, 0.1) is 6.42 Å². The standard InChI is InChI=1S/C12H15NO2S/c14-11-4-2-1-3-9(11)7-12(15)13-10-5-6-16-8-10/h1-4,10,14H,5-8H2,(H,13,15). The molecule has 0 saturated carbocycles. The first-order valence-electron chi connectivity index (χ1n) is 5.39. The van der Waals surface area contributed by atoms with Crippen molar-refractivity contribution in [2.45, 2.75) is 18.9 Å². The molecule has 0 radical (unpaired) electrons. The van der Waals surface area contributed by atoms with Gasteiger partial charge in [-0.15, -0.1) is 0 Å². The minimum Gasteiger partial charge on any atom is -0.508 e. The number of amides is 1. The van der Waals surface area contributed by atoms with Crippen molar-refractivity contribution in [2.24, 2.45) is 0 Å². The molecule has 4 heteroatoms. The summed E-state index contributed by atoms with van der Waals surface area (Å²) in [6, 6.07) is 7.27. The van der Waals surface area contributed by atoms with Crippen molar-refractivity contribution < 1.29 is 9.90 Å². The van der Waals surface area contributed by atoms with Crippen molar-refractivity contribution in [3.63, 3.8) is 0 Å². The third-order valence-corrected chi connectivity index (χ3v) is 3.80. The van der Waals surface area contributed by atoms with Crippen LogP contribution in [-0.2, 0) is 11.2 Å². The lowest BCUT2D eigenvalue weighted by atomic mass is 10.1. The highest BCUT2D eigenvalue weighted by atomic mass is 32.2. The highest BCUT2D eigenvalue weighted by Crippen LogP contribution is 2.18. The van der Waals surface area contributed by atoms with E-state index in [0.29, 0.717) is 11.6 Å². The van der Waals surface area contributed by atoms with Crippen molar-refractivity contribution in [1.82, 2.24) is 5.32 Å². The Morgan fingerprint density at radius 2 is 2.31 bits per heavy atom. The summed E-state index contributed by atoms with van der Waals surface area (Å²) in [6.07, 6.45) is 1.31. The lowest BCUT2D eigenvalue weighted by Crippen LogP contribution is -2.35. The number of hydrogen-bond acceptors (Lipinski definition) is 3. The Morgan fingerprint density at radius 3 is 3.00 bits per heavy atom. The van der Waals surface area contributed by atoms with Gasteiger partial charge in [0.25, 0.3) is 0 Å². The van der Waals surface area contributed by atoms with E-state index in [-0.39, 0.29) is 18.1 Å². The Balaban J connectivity index is 1.89. The Kier molecular flexibility index (Phi) is 3.72. The summed E-state index contributed by atoms with van der Waals surface area (Å²) in [6.45, 7) is 0. The average molecular weight is 237 g/mol. The van der Waals surface area contributed by atoms with Gasteiger partial charge in [0.2, 0.25) is 5.91 Å². The maximum Gasteiger partial charge on any atom is 0.224 e. The van der Waals surface area contributed by atoms with E-state index in [1.807, 2.05) is 17.8 Å². The average Bonchev–Trinajstić information content (AvgIpc) is 2.74. The van der Waals surface area contributed by atoms with E-state index in [1.54, 1.807) is 18.2 Å². The normalized spacial score (nSPS) is 19.6. The number of carbonyl (C=O) groups excluding carboxylic acids is 1. The van der Waals surface area contributed by atoms with E-state index in [0.717, 1.165) is 17.9 Å². The number of para-hydroxylation sites is 1. The number of carbonyl (C=O) groups is 1. The summed E-state index contributed by atoms with van der Waals surface area (Å²) in [5.41, 5.74) is 0.686. The molecule has 0 bridgehead atoms. The summed E-state index contributed by atoms with van der Waals surface area (Å²) in [5.74, 6) is 2.32. The molecular formula is C12H15NO2S. The molecule has 1 fully saturated rings. The summed E-state index contributed by atoms with van der Waals surface area (Å²) in [5, 5.41) is 12.5. The molecule has 1 atom stereocenters. The van der Waals surface area contributed by atoms with Gasteiger partial charge in [-0.05, 0) is 18.2 Å². The van der Waals surface area contributed by atoms with Crippen LogP contribution in [0.25, 0.3) is 0 Å². The minimum absolute atomic E-state index is 0.00556. The fourth-order valence-corrected chi connectivity index (χ4v) is 2.91. The van der Waals surface area contributed by atoms with Crippen LogP contribution in [0.2, 0.25) is 0 Å². The lowest BCUT2D eigenvalue weighted by Gasteiger charge is -2.11. The maximum absolute atomic E-state index is 11.7. The predicted octanol–water partition coefficient (Wildman–Crippen LogP) is 1.56. The molecule has 0 aromatic heterocycles. The molecule has 1 aliphatic heterocycles. The quantitative estimate of drug-likeness (QED) is 0.838. The van der Waals surface area contributed by atoms with Crippen molar-refractivity contribution in [1.29, 1.82) is 0 Å². The van der Waals surface area contributed by atoms with E-state index in [1.165, 1.54) is 0 Å². The summed E-state index contributed by atoms with van der Waals surface area (Å²) >= 11 is 1.87. The van der Waals surface area contributed by atoms with Gasteiger partial charge in [0.15, 0.2) is 0 Å². The Morgan fingerprint density at radius 1 is 1.50 bits per heavy atom. The number of rotatable bonds is 3. The molecule has 1 unspecified atom stereocenters. The number of benzene rings is 1. The number of nitrogens with one attached hydrogen (secondary N) is 1. The van der Waals surface area contributed by atoms with Gasteiger partial charge in [-0.1, -0.05) is 18.2 Å². The van der Waals surface area contributed by atoms with Crippen LogP contribution in [0.4, 0.5) is 0 Å². The topological polar surface area (TPSA) is 49.3 Å².